The molecular formula is C23H21NO3. The molecule has 0 amide bonds. The quantitative estimate of drug-likeness (QED) is 0.663. The predicted octanol–water partition coefficient (Wildman–Crippen LogP) is 3.93. The number of aromatic nitrogens is 1. The maximum atomic E-state index is 11.0. The van der Waals surface area contributed by atoms with Gasteiger partial charge in [-0.3, -0.25) is 9.59 Å². The zero-order valence-corrected chi connectivity index (χ0v) is 15.0. The Morgan fingerprint density at radius 3 is 2.48 bits per heavy atom. The van der Waals surface area contributed by atoms with E-state index in [1.807, 2.05) is 48.5 Å². The van der Waals surface area contributed by atoms with Crippen LogP contribution in [0.1, 0.15) is 21.6 Å². The number of nitrogens with zero attached hydrogens (tertiary/aromatic N) is 1. The van der Waals surface area contributed by atoms with Crippen LogP contribution in [0, 0.1) is 5.92 Å². The van der Waals surface area contributed by atoms with Crippen molar-refractivity contribution in [3.8, 4) is 0 Å². The summed E-state index contributed by atoms with van der Waals surface area (Å²) in [6.07, 6.45) is 4.61. The highest BCUT2D eigenvalue weighted by molar-refractivity contribution is 5.89. The third-order valence-electron chi connectivity index (χ3n) is 5.05. The van der Waals surface area contributed by atoms with E-state index in [4.69, 9.17) is 4.74 Å². The minimum absolute atomic E-state index is 0.550. The number of allylic oxidation sites excluding steroid dienone is 1. The monoisotopic (exact) mass is 359 g/mol. The van der Waals surface area contributed by atoms with E-state index in [-0.39, 0.29) is 0 Å². The molecule has 1 fully saturated rings. The molecule has 0 bridgehead atoms. The highest BCUT2D eigenvalue weighted by Crippen LogP contribution is 2.23. The van der Waals surface area contributed by atoms with E-state index in [1.165, 1.54) is 11.1 Å². The van der Waals surface area contributed by atoms with Crippen LogP contribution in [0.5, 0.6) is 0 Å². The Labute approximate surface area is 158 Å². The minimum Gasteiger partial charge on any atom is -0.381 e. The molecule has 2 aromatic carbocycles. The van der Waals surface area contributed by atoms with Gasteiger partial charge in [0.05, 0.1) is 18.9 Å². The van der Waals surface area contributed by atoms with Crippen LogP contribution >= 0.6 is 0 Å². The molecule has 1 saturated heterocycles. The number of carbonyl (C=O) groups is 2. The van der Waals surface area contributed by atoms with Gasteiger partial charge in [0.25, 0.3) is 0 Å². The lowest BCUT2D eigenvalue weighted by Crippen LogP contribution is -2.31. The molecule has 1 aliphatic heterocycles. The molecule has 0 saturated carbocycles. The van der Waals surface area contributed by atoms with Crippen LogP contribution < -0.4 is 0 Å². The molecule has 1 aliphatic carbocycles. The van der Waals surface area contributed by atoms with Gasteiger partial charge in [0.15, 0.2) is 6.29 Å². The summed E-state index contributed by atoms with van der Waals surface area (Å²) in [6, 6.07) is 18.1. The molecule has 2 aliphatic rings. The predicted molar refractivity (Wildman–Crippen MR) is 106 cm³/mol. The fourth-order valence-electron chi connectivity index (χ4n) is 3.56. The van der Waals surface area contributed by atoms with Crippen molar-refractivity contribution in [3.63, 3.8) is 0 Å². The molecule has 1 aromatic heterocycles. The van der Waals surface area contributed by atoms with Crippen LogP contribution in [0.3, 0.4) is 0 Å². The summed E-state index contributed by atoms with van der Waals surface area (Å²) >= 11 is 0. The van der Waals surface area contributed by atoms with Crippen LogP contribution in [0.4, 0.5) is 0 Å². The highest BCUT2D eigenvalue weighted by Gasteiger charge is 2.20. The largest absolute Gasteiger partial charge is 0.381 e. The van der Waals surface area contributed by atoms with Crippen molar-refractivity contribution >= 4 is 29.6 Å². The van der Waals surface area contributed by atoms with Crippen molar-refractivity contribution in [2.75, 3.05) is 13.2 Å². The SMILES string of the molecule is O=CC1=Cc2ccccc2C1.O=Cc1cc2ccccc2n1CC1COC1. The second kappa shape index (κ2) is 7.72. The molecule has 0 radical (unpaired) electrons. The molecule has 0 N–H and O–H groups in total. The minimum atomic E-state index is 0.550. The van der Waals surface area contributed by atoms with Crippen LogP contribution in [0.2, 0.25) is 0 Å². The zero-order chi connectivity index (χ0) is 18.6. The number of carbonyl (C=O) groups excluding carboxylic acids is 2. The molecule has 2 heterocycles. The number of ether oxygens (including phenoxy) is 1. The van der Waals surface area contributed by atoms with Crippen molar-refractivity contribution in [3.05, 3.63) is 77.0 Å². The van der Waals surface area contributed by atoms with Gasteiger partial charge in [-0.05, 0) is 34.9 Å². The first kappa shape index (κ1) is 17.4. The fourth-order valence-corrected chi connectivity index (χ4v) is 3.56. The number of para-hydroxylation sites is 1. The van der Waals surface area contributed by atoms with Gasteiger partial charge in [0.1, 0.15) is 6.29 Å². The lowest BCUT2D eigenvalue weighted by Gasteiger charge is -2.27. The van der Waals surface area contributed by atoms with Gasteiger partial charge in [-0.2, -0.15) is 0 Å². The molecule has 4 heteroatoms. The van der Waals surface area contributed by atoms with E-state index in [1.54, 1.807) is 0 Å². The third kappa shape index (κ3) is 3.62. The van der Waals surface area contributed by atoms with Gasteiger partial charge in [-0.15, -0.1) is 0 Å². The van der Waals surface area contributed by atoms with Crippen LogP contribution in [0.25, 0.3) is 17.0 Å². The molecule has 5 rings (SSSR count). The van der Waals surface area contributed by atoms with Crippen LogP contribution in [-0.2, 0) is 22.5 Å². The fraction of sp³-hybridized carbons (Fsp3) is 0.217. The summed E-state index contributed by atoms with van der Waals surface area (Å²) < 4.78 is 7.26. The summed E-state index contributed by atoms with van der Waals surface area (Å²) in [5.41, 5.74) is 5.22. The number of hydrogen-bond acceptors (Lipinski definition) is 3. The topological polar surface area (TPSA) is 48.3 Å². The van der Waals surface area contributed by atoms with E-state index in [9.17, 15) is 9.59 Å². The van der Waals surface area contributed by atoms with Gasteiger partial charge in [0.2, 0.25) is 0 Å². The molecule has 0 spiro atoms. The lowest BCUT2D eigenvalue weighted by molar-refractivity contribution is -0.104. The van der Waals surface area contributed by atoms with Gasteiger partial charge in [-0.1, -0.05) is 42.5 Å². The Hall–Kier alpha value is -2.98. The van der Waals surface area contributed by atoms with Gasteiger partial charge >= 0.3 is 0 Å². The van der Waals surface area contributed by atoms with E-state index in [0.717, 1.165) is 60.9 Å². The number of aldehydes is 2. The maximum Gasteiger partial charge on any atom is 0.166 e. The van der Waals surface area contributed by atoms with Crippen molar-refractivity contribution in [1.82, 2.24) is 4.57 Å². The average Bonchev–Trinajstić information content (AvgIpc) is 3.26. The summed E-state index contributed by atoms with van der Waals surface area (Å²) in [4.78, 5) is 21.4. The Balaban J connectivity index is 0.000000143. The second-order valence-electron chi connectivity index (χ2n) is 6.97. The average molecular weight is 359 g/mol. The molecule has 27 heavy (non-hydrogen) atoms. The Bertz CT molecular complexity index is 1010. The molecule has 0 atom stereocenters. The lowest BCUT2D eigenvalue weighted by atomic mass is 10.1. The molecule has 3 aromatic rings. The number of hydrogen-bond donors (Lipinski definition) is 0. The Morgan fingerprint density at radius 1 is 1.00 bits per heavy atom. The zero-order valence-electron chi connectivity index (χ0n) is 15.0. The smallest absolute Gasteiger partial charge is 0.166 e. The van der Waals surface area contributed by atoms with Crippen molar-refractivity contribution in [2.24, 2.45) is 5.92 Å². The molecule has 136 valence electrons. The first-order valence-corrected chi connectivity index (χ1v) is 9.13. The van der Waals surface area contributed by atoms with Gasteiger partial charge < -0.3 is 9.30 Å². The van der Waals surface area contributed by atoms with E-state index in [2.05, 4.69) is 16.7 Å². The van der Waals surface area contributed by atoms with Crippen LogP contribution in [0.15, 0.2) is 60.2 Å². The summed E-state index contributed by atoms with van der Waals surface area (Å²) in [6.45, 7) is 2.50. The van der Waals surface area contributed by atoms with E-state index in [0.29, 0.717) is 5.92 Å². The molecule has 0 unspecified atom stereocenters. The first-order chi connectivity index (χ1) is 13.3. The number of rotatable bonds is 4. The Morgan fingerprint density at radius 2 is 1.78 bits per heavy atom. The molecule has 4 nitrogen and oxygen atoms in total. The normalized spacial score (nSPS) is 15.3. The van der Waals surface area contributed by atoms with Crippen molar-refractivity contribution in [1.29, 1.82) is 0 Å². The van der Waals surface area contributed by atoms with Crippen molar-refractivity contribution < 1.29 is 14.3 Å². The van der Waals surface area contributed by atoms with Gasteiger partial charge in [0, 0.05) is 29.8 Å². The maximum absolute atomic E-state index is 11.0. The summed E-state index contributed by atoms with van der Waals surface area (Å²) in [5, 5.41) is 1.13. The number of fused-ring (bicyclic) bond motifs is 2. The van der Waals surface area contributed by atoms with E-state index >= 15 is 0 Å². The second-order valence-corrected chi connectivity index (χ2v) is 6.97. The van der Waals surface area contributed by atoms with Gasteiger partial charge in [-0.25, -0.2) is 0 Å². The third-order valence-corrected chi connectivity index (χ3v) is 5.05. The molecular weight excluding hydrogens is 338 g/mol. The van der Waals surface area contributed by atoms with Crippen LogP contribution in [-0.4, -0.2) is 30.4 Å². The standard InChI is InChI=1S/C13H13NO2.C10H8O/c15-7-12-5-11-3-1-2-4-13(11)14(12)6-10-8-16-9-10;11-7-8-5-9-3-1-2-4-10(9)6-8/h1-5,7,10H,6,8-9H2;1-5,7H,6H2. The van der Waals surface area contributed by atoms with Crippen molar-refractivity contribution in [2.45, 2.75) is 13.0 Å². The first-order valence-electron chi connectivity index (χ1n) is 9.13. The Kier molecular flexibility index (Phi) is 4.99. The number of benzene rings is 2. The summed E-state index contributed by atoms with van der Waals surface area (Å²) in [5.74, 6) is 0.550. The highest BCUT2D eigenvalue weighted by atomic mass is 16.5. The summed E-state index contributed by atoms with van der Waals surface area (Å²) in [7, 11) is 0. The van der Waals surface area contributed by atoms with E-state index < -0.39 is 0 Å².